The summed E-state index contributed by atoms with van der Waals surface area (Å²) < 4.78 is 5.64. The van der Waals surface area contributed by atoms with Crippen molar-refractivity contribution in [2.45, 2.75) is 32.4 Å². The molecule has 116 valence electrons. The van der Waals surface area contributed by atoms with Crippen molar-refractivity contribution in [2.75, 3.05) is 0 Å². The molecule has 2 rings (SSSR count). The van der Waals surface area contributed by atoms with Crippen LogP contribution in [0.15, 0.2) is 54.6 Å². The molecule has 0 radical (unpaired) electrons. The molecule has 0 saturated carbocycles. The smallest absolute Gasteiger partial charge is 0.261 e. The monoisotopic (exact) mass is 317 g/mol. The molecule has 0 saturated heterocycles. The summed E-state index contributed by atoms with van der Waals surface area (Å²) in [5, 5.41) is 3.51. The molecule has 2 aromatic carbocycles. The van der Waals surface area contributed by atoms with Gasteiger partial charge in [0, 0.05) is 0 Å². The van der Waals surface area contributed by atoms with Gasteiger partial charge in [0.1, 0.15) is 5.75 Å². The van der Waals surface area contributed by atoms with Crippen LogP contribution in [0.4, 0.5) is 0 Å². The molecular weight excluding hydrogens is 298 g/mol. The molecule has 0 spiro atoms. The molecule has 3 nitrogen and oxygen atoms in total. The minimum Gasteiger partial charge on any atom is -0.479 e. The number of nitrogens with one attached hydrogen (secondary N) is 1. The third kappa shape index (κ3) is 4.25. The second-order valence-corrected chi connectivity index (χ2v) is 5.48. The van der Waals surface area contributed by atoms with E-state index in [0.717, 1.165) is 12.0 Å². The van der Waals surface area contributed by atoms with Gasteiger partial charge >= 0.3 is 0 Å². The lowest BCUT2D eigenvalue weighted by atomic mass is 10.0. The fourth-order valence-corrected chi connectivity index (χ4v) is 2.36. The van der Waals surface area contributed by atoms with Crippen LogP contribution in [0.1, 0.15) is 31.9 Å². The molecule has 1 N–H and O–H groups in total. The van der Waals surface area contributed by atoms with Crippen LogP contribution in [0.5, 0.6) is 5.75 Å². The average molecular weight is 318 g/mol. The Morgan fingerprint density at radius 3 is 2.41 bits per heavy atom. The SMILES string of the molecule is CC[C@H](NC(=O)[C@@H](C)Oc1ccccc1Cl)c1ccccc1. The summed E-state index contributed by atoms with van der Waals surface area (Å²) in [6, 6.07) is 17.0. The number of hydrogen-bond donors (Lipinski definition) is 1. The highest BCUT2D eigenvalue weighted by molar-refractivity contribution is 6.32. The number of ether oxygens (including phenoxy) is 1. The standard InChI is InChI=1S/C18H20ClNO2/c1-3-16(14-9-5-4-6-10-14)20-18(21)13(2)22-17-12-8-7-11-15(17)19/h4-13,16H,3H2,1-2H3,(H,20,21)/t13-,16+/m1/s1. The van der Waals surface area contributed by atoms with Crippen LogP contribution >= 0.6 is 11.6 Å². The quantitative estimate of drug-likeness (QED) is 0.859. The van der Waals surface area contributed by atoms with Crippen LogP contribution < -0.4 is 10.1 Å². The number of amides is 1. The van der Waals surface area contributed by atoms with Gasteiger partial charge in [0.05, 0.1) is 11.1 Å². The van der Waals surface area contributed by atoms with E-state index in [9.17, 15) is 4.79 Å². The maximum absolute atomic E-state index is 12.3. The van der Waals surface area contributed by atoms with Gasteiger partial charge in [-0.2, -0.15) is 0 Å². The van der Waals surface area contributed by atoms with E-state index < -0.39 is 6.10 Å². The fourth-order valence-electron chi connectivity index (χ4n) is 2.18. The van der Waals surface area contributed by atoms with E-state index in [1.54, 1.807) is 19.1 Å². The van der Waals surface area contributed by atoms with Crippen LogP contribution in [0.3, 0.4) is 0 Å². The first-order valence-electron chi connectivity index (χ1n) is 7.38. The Labute approximate surface area is 136 Å². The van der Waals surface area contributed by atoms with Gasteiger partial charge in [0.15, 0.2) is 6.10 Å². The van der Waals surface area contributed by atoms with Gasteiger partial charge in [-0.1, -0.05) is 61.0 Å². The molecule has 22 heavy (non-hydrogen) atoms. The van der Waals surface area contributed by atoms with E-state index in [1.165, 1.54) is 0 Å². The third-order valence-corrected chi connectivity index (χ3v) is 3.75. The number of carbonyl (C=O) groups excluding carboxylic acids is 1. The molecule has 1 amide bonds. The van der Waals surface area contributed by atoms with Gasteiger partial charge in [-0.25, -0.2) is 0 Å². The van der Waals surface area contributed by atoms with Crippen molar-refractivity contribution in [3.63, 3.8) is 0 Å². The molecule has 0 aromatic heterocycles. The van der Waals surface area contributed by atoms with Crippen LogP contribution in [0.25, 0.3) is 0 Å². The van der Waals surface area contributed by atoms with Gasteiger partial charge in [0.2, 0.25) is 0 Å². The Hall–Kier alpha value is -2.00. The number of carbonyl (C=O) groups is 1. The lowest BCUT2D eigenvalue weighted by molar-refractivity contribution is -0.128. The molecule has 2 atom stereocenters. The van der Waals surface area contributed by atoms with Gasteiger partial charge in [-0.05, 0) is 31.0 Å². The molecule has 4 heteroatoms. The minimum absolute atomic E-state index is 0.0222. The van der Waals surface area contributed by atoms with Crippen LogP contribution in [0, 0.1) is 0 Å². The van der Waals surface area contributed by atoms with Crippen molar-refractivity contribution in [3.8, 4) is 5.75 Å². The number of hydrogen-bond acceptors (Lipinski definition) is 2. The number of halogens is 1. The Morgan fingerprint density at radius 1 is 1.14 bits per heavy atom. The summed E-state index contributed by atoms with van der Waals surface area (Å²) in [5.41, 5.74) is 1.09. The zero-order chi connectivity index (χ0) is 15.9. The first-order valence-corrected chi connectivity index (χ1v) is 7.76. The summed E-state index contributed by atoms with van der Waals surface area (Å²) >= 11 is 6.05. The first kappa shape index (κ1) is 16.4. The Bertz CT molecular complexity index is 615. The Morgan fingerprint density at radius 2 is 1.77 bits per heavy atom. The fraction of sp³-hybridized carbons (Fsp3) is 0.278. The lowest BCUT2D eigenvalue weighted by Gasteiger charge is -2.21. The Kier molecular flexibility index (Phi) is 5.84. The normalized spacial score (nSPS) is 13.2. The molecule has 0 aliphatic heterocycles. The second kappa shape index (κ2) is 7.85. The Balaban J connectivity index is 2.00. The summed E-state index contributed by atoms with van der Waals surface area (Å²) in [6.07, 6.45) is 0.201. The summed E-state index contributed by atoms with van der Waals surface area (Å²) in [7, 11) is 0. The van der Waals surface area contributed by atoms with Gasteiger partial charge < -0.3 is 10.1 Å². The zero-order valence-corrected chi connectivity index (χ0v) is 13.5. The molecule has 2 aromatic rings. The van der Waals surface area contributed by atoms with Crippen molar-refractivity contribution in [2.24, 2.45) is 0 Å². The molecule has 0 aliphatic rings. The second-order valence-electron chi connectivity index (χ2n) is 5.07. The maximum Gasteiger partial charge on any atom is 0.261 e. The number of benzene rings is 2. The molecule has 0 heterocycles. The van der Waals surface area contributed by atoms with E-state index in [4.69, 9.17) is 16.3 Å². The molecule has 0 unspecified atom stereocenters. The number of rotatable bonds is 6. The summed E-state index contributed by atoms with van der Waals surface area (Å²) in [5.74, 6) is 0.357. The van der Waals surface area contributed by atoms with Crippen molar-refractivity contribution >= 4 is 17.5 Å². The molecular formula is C18H20ClNO2. The van der Waals surface area contributed by atoms with Gasteiger partial charge in [-0.15, -0.1) is 0 Å². The van der Waals surface area contributed by atoms with Crippen molar-refractivity contribution in [3.05, 3.63) is 65.2 Å². The predicted molar refractivity (Wildman–Crippen MR) is 89.2 cm³/mol. The molecule has 0 fully saturated rings. The van der Waals surface area contributed by atoms with Crippen LogP contribution in [0.2, 0.25) is 5.02 Å². The van der Waals surface area contributed by atoms with E-state index in [1.807, 2.05) is 49.4 Å². The third-order valence-electron chi connectivity index (χ3n) is 3.44. The van der Waals surface area contributed by atoms with E-state index in [0.29, 0.717) is 10.8 Å². The highest BCUT2D eigenvalue weighted by atomic mass is 35.5. The predicted octanol–water partition coefficient (Wildman–Crippen LogP) is 4.37. The van der Waals surface area contributed by atoms with Crippen LogP contribution in [-0.4, -0.2) is 12.0 Å². The first-order chi connectivity index (χ1) is 10.6. The summed E-state index contributed by atoms with van der Waals surface area (Å²) in [6.45, 7) is 3.76. The zero-order valence-electron chi connectivity index (χ0n) is 12.8. The van der Waals surface area contributed by atoms with E-state index in [2.05, 4.69) is 5.32 Å². The van der Waals surface area contributed by atoms with Crippen LogP contribution in [-0.2, 0) is 4.79 Å². The maximum atomic E-state index is 12.3. The van der Waals surface area contributed by atoms with Crippen molar-refractivity contribution in [1.82, 2.24) is 5.32 Å². The topological polar surface area (TPSA) is 38.3 Å². The van der Waals surface area contributed by atoms with Gasteiger partial charge in [0.25, 0.3) is 5.91 Å². The largest absolute Gasteiger partial charge is 0.479 e. The highest BCUT2D eigenvalue weighted by Gasteiger charge is 2.19. The highest BCUT2D eigenvalue weighted by Crippen LogP contribution is 2.24. The van der Waals surface area contributed by atoms with E-state index >= 15 is 0 Å². The molecule has 0 aliphatic carbocycles. The van der Waals surface area contributed by atoms with Crippen molar-refractivity contribution < 1.29 is 9.53 Å². The number of para-hydroxylation sites is 1. The van der Waals surface area contributed by atoms with Gasteiger partial charge in [-0.3, -0.25) is 4.79 Å². The summed E-state index contributed by atoms with van der Waals surface area (Å²) in [4.78, 5) is 12.3. The van der Waals surface area contributed by atoms with Crippen molar-refractivity contribution in [1.29, 1.82) is 0 Å². The average Bonchev–Trinajstić information content (AvgIpc) is 2.55. The molecule has 0 bridgehead atoms. The lowest BCUT2D eigenvalue weighted by Crippen LogP contribution is -2.38. The van der Waals surface area contributed by atoms with E-state index in [-0.39, 0.29) is 11.9 Å². The minimum atomic E-state index is -0.613.